The van der Waals surface area contributed by atoms with E-state index in [0.717, 1.165) is 24.8 Å². The van der Waals surface area contributed by atoms with Crippen LogP contribution in [0.4, 0.5) is 5.69 Å². The fraction of sp³-hybridized carbons (Fsp3) is 0.350. The minimum atomic E-state index is -3.75. The molecule has 0 aromatic heterocycles. The van der Waals surface area contributed by atoms with Gasteiger partial charge in [-0.05, 0) is 48.6 Å². The Hall–Kier alpha value is -2.38. The van der Waals surface area contributed by atoms with Gasteiger partial charge >= 0.3 is 0 Å². The quantitative estimate of drug-likeness (QED) is 0.794. The second kappa shape index (κ2) is 8.10. The number of benzene rings is 2. The van der Waals surface area contributed by atoms with Crippen molar-refractivity contribution in [2.24, 2.45) is 0 Å². The van der Waals surface area contributed by atoms with E-state index in [4.69, 9.17) is 4.74 Å². The molecule has 27 heavy (non-hydrogen) atoms. The highest BCUT2D eigenvalue weighted by molar-refractivity contribution is 7.89. The van der Waals surface area contributed by atoms with E-state index in [1.807, 2.05) is 24.3 Å². The van der Waals surface area contributed by atoms with Crippen LogP contribution in [-0.4, -0.2) is 21.4 Å². The Bertz CT molecular complexity index is 941. The molecule has 0 saturated carbocycles. The third kappa shape index (κ3) is 4.31. The fourth-order valence-corrected chi connectivity index (χ4v) is 4.60. The Morgan fingerprint density at radius 2 is 2.00 bits per heavy atom. The number of carbonyl (C=O) groups is 1. The summed E-state index contributed by atoms with van der Waals surface area (Å²) in [6, 6.07) is 12.1. The predicted octanol–water partition coefficient (Wildman–Crippen LogP) is 3.40. The Balaban J connectivity index is 1.89. The van der Waals surface area contributed by atoms with Gasteiger partial charge in [0.15, 0.2) is 0 Å². The molecule has 2 aromatic carbocycles. The van der Waals surface area contributed by atoms with E-state index in [0.29, 0.717) is 11.4 Å². The Labute approximate surface area is 160 Å². The van der Waals surface area contributed by atoms with Crippen molar-refractivity contribution in [2.45, 2.75) is 43.5 Å². The Morgan fingerprint density at radius 1 is 1.22 bits per heavy atom. The number of nitrogens with one attached hydrogen (secondary N) is 2. The summed E-state index contributed by atoms with van der Waals surface area (Å²) in [5.74, 6) is 0.204. The molecule has 0 fully saturated rings. The van der Waals surface area contributed by atoms with Crippen molar-refractivity contribution in [3.05, 3.63) is 53.6 Å². The molecule has 3 rings (SSSR count). The molecule has 0 saturated heterocycles. The van der Waals surface area contributed by atoms with Crippen molar-refractivity contribution in [1.82, 2.24) is 4.72 Å². The molecule has 2 N–H and O–H groups in total. The maximum absolute atomic E-state index is 13.0. The summed E-state index contributed by atoms with van der Waals surface area (Å²) in [7, 11) is -2.27. The van der Waals surface area contributed by atoms with E-state index in [1.165, 1.54) is 24.8 Å². The number of ether oxygens (including phenoxy) is 1. The van der Waals surface area contributed by atoms with Crippen LogP contribution in [0.1, 0.15) is 43.4 Å². The molecule has 1 amide bonds. The van der Waals surface area contributed by atoms with Gasteiger partial charge in [-0.15, -0.1) is 0 Å². The van der Waals surface area contributed by atoms with Gasteiger partial charge in [0.25, 0.3) is 0 Å². The fourth-order valence-electron chi connectivity index (χ4n) is 3.32. The van der Waals surface area contributed by atoms with Gasteiger partial charge in [0, 0.05) is 12.5 Å². The van der Waals surface area contributed by atoms with E-state index in [1.54, 1.807) is 13.0 Å². The highest BCUT2D eigenvalue weighted by Gasteiger charge is 2.26. The molecule has 0 heterocycles. The molecule has 0 aliphatic heterocycles. The second-order valence-corrected chi connectivity index (χ2v) is 8.24. The highest BCUT2D eigenvalue weighted by atomic mass is 32.2. The SMILES string of the molecule is CCC(=O)Nc1cc(S(=O)(=O)NC2CCCc3ccccc32)ccc1OC. The molecule has 1 atom stereocenters. The third-order valence-corrected chi connectivity index (χ3v) is 6.21. The summed E-state index contributed by atoms with van der Waals surface area (Å²) in [6.07, 6.45) is 2.94. The van der Waals surface area contributed by atoms with E-state index in [-0.39, 0.29) is 23.3 Å². The molecule has 1 aliphatic rings. The minimum Gasteiger partial charge on any atom is -0.495 e. The number of fused-ring (bicyclic) bond motifs is 1. The highest BCUT2D eigenvalue weighted by Crippen LogP contribution is 2.32. The third-order valence-electron chi connectivity index (χ3n) is 4.74. The first-order valence-corrected chi connectivity index (χ1v) is 10.5. The number of rotatable bonds is 6. The molecule has 0 radical (unpaired) electrons. The Kier molecular flexibility index (Phi) is 5.82. The van der Waals surface area contributed by atoms with Crippen LogP contribution < -0.4 is 14.8 Å². The average molecular weight is 388 g/mol. The molecule has 0 spiro atoms. The van der Waals surface area contributed by atoms with Gasteiger partial charge in [-0.25, -0.2) is 13.1 Å². The van der Waals surface area contributed by atoms with E-state index >= 15 is 0 Å². The number of carbonyl (C=O) groups excluding carboxylic acids is 1. The number of sulfonamides is 1. The number of methoxy groups -OCH3 is 1. The van der Waals surface area contributed by atoms with Crippen molar-refractivity contribution in [3.8, 4) is 5.75 Å². The van der Waals surface area contributed by atoms with Crippen LogP contribution in [0.5, 0.6) is 5.75 Å². The first kappa shape index (κ1) is 19.4. The van der Waals surface area contributed by atoms with E-state index < -0.39 is 10.0 Å². The van der Waals surface area contributed by atoms with Gasteiger partial charge in [0.1, 0.15) is 5.75 Å². The van der Waals surface area contributed by atoms with Crippen molar-refractivity contribution in [3.63, 3.8) is 0 Å². The number of anilines is 1. The lowest BCUT2D eigenvalue weighted by molar-refractivity contribution is -0.115. The lowest BCUT2D eigenvalue weighted by atomic mass is 9.88. The lowest BCUT2D eigenvalue weighted by Crippen LogP contribution is -2.31. The van der Waals surface area contributed by atoms with Crippen molar-refractivity contribution >= 4 is 21.6 Å². The van der Waals surface area contributed by atoms with Crippen LogP contribution in [0.3, 0.4) is 0 Å². The summed E-state index contributed by atoms with van der Waals surface area (Å²) in [5.41, 5.74) is 2.55. The summed E-state index contributed by atoms with van der Waals surface area (Å²) in [4.78, 5) is 11.8. The zero-order valence-electron chi connectivity index (χ0n) is 15.5. The van der Waals surface area contributed by atoms with Gasteiger partial charge in [0.2, 0.25) is 15.9 Å². The molecule has 1 unspecified atom stereocenters. The number of hydrogen-bond donors (Lipinski definition) is 2. The predicted molar refractivity (Wildman–Crippen MR) is 104 cm³/mol. The number of hydrogen-bond acceptors (Lipinski definition) is 4. The van der Waals surface area contributed by atoms with Crippen LogP contribution in [0.2, 0.25) is 0 Å². The van der Waals surface area contributed by atoms with Gasteiger partial charge in [-0.1, -0.05) is 31.2 Å². The zero-order chi connectivity index (χ0) is 19.4. The first-order valence-electron chi connectivity index (χ1n) is 9.02. The molecule has 2 aromatic rings. The van der Waals surface area contributed by atoms with Crippen LogP contribution in [0.25, 0.3) is 0 Å². The van der Waals surface area contributed by atoms with Gasteiger partial charge in [-0.2, -0.15) is 0 Å². The molecular weight excluding hydrogens is 364 g/mol. The van der Waals surface area contributed by atoms with Crippen molar-refractivity contribution < 1.29 is 17.9 Å². The smallest absolute Gasteiger partial charge is 0.241 e. The van der Waals surface area contributed by atoms with E-state index in [9.17, 15) is 13.2 Å². The zero-order valence-corrected chi connectivity index (χ0v) is 16.3. The van der Waals surface area contributed by atoms with Crippen molar-refractivity contribution in [2.75, 3.05) is 12.4 Å². The number of aryl methyl sites for hydroxylation is 1. The molecule has 0 bridgehead atoms. The molecular formula is C20H24N2O4S. The summed E-state index contributed by atoms with van der Waals surface area (Å²) >= 11 is 0. The number of amides is 1. The lowest BCUT2D eigenvalue weighted by Gasteiger charge is -2.26. The summed E-state index contributed by atoms with van der Waals surface area (Å²) in [5, 5.41) is 2.69. The molecule has 6 nitrogen and oxygen atoms in total. The van der Waals surface area contributed by atoms with Crippen LogP contribution in [0, 0.1) is 0 Å². The maximum atomic E-state index is 13.0. The van der Waals surface area contributed by atoms with Crippen LogP contribution in [-0.2, 0) is 21.2 Å². The van der Waals surface area contributed by atoms with Crippen LogP contribution >= 0.6 is 0 Å². The Morgan fingerprint density at radius 3 is 2.74 bits per heavy atom. The summed E-state index contributed by atoms with van der Waals surface area (Å²) in [6.45, 7) is 1.73. The van der Waals surface area contributed by atoms with Crippen LogP contribution in [0.15, 0.2) is 47.4 Å². The largest absolute Gasteiger partial charge is 0.495 e. The topological polar surface area (TPSA) is 84.5 Å². The summed E-state index contributed by atoms with van der Waals surface area (Å²) < 4.78 is 33.9. The average Bonchev–Trinajstić information content (AvgIpc) is 2.68. The van der Waals surface area contributed by atoms with Gasteiger partial charge in [0.05, 0.1) is 17.7 Å². The first-order chi connectivity index (χ1) is 12.9. The monoisotopic (exact) mass is 388 g/mol. The minimum absolute atomic E-state index is 0.0951. The normalized spacial score (nSPS) is 16.4. The standard InChI is InChI=1S/C20H24N2O4S/c1-3-20(23)21-18-13-15(11-12-19(18)26-2)27(24,25)22-17-10-6-8-14-7-4-5-9-16(14)17/h4-5,7,9,11-13,17,22H,3,6,8,10H2,1-2H3,(H,21,23). The molecule has 1 aliphatic carbocycles. The molecule has 7 heteroatoms. The van der Waals surface area contributed by atoms with Crippen molar-refractivity contribution in [1.29, 1.82) is 0 Å². The molecule has 144 valence electrons. The van der Waals surface area contributed by atoms with Gasteiger partial charge in [-0.3, -0.25) is 4.79 Å². The second-order valence-electron chi connectivity index (χ2n) is 6.53. The van der Waals surface area contributed by atoms with Gasteiger partial charge < -0.3 is 10.1 Å². The maximum Gasteiger partial charge on any atom is 0.241 e. The van der Waals surface area contributed by atoms with E-state index in [2.05, 4.69) is 10.0 Å².